The first-order chi connectivity index (χ1) is 11.0. The number of aromatic hydroxyl groups is 1. The third kappa shape index (κ3) is 3.53. The monoisotopic (exact) mass is 333 g/mol. The van der Waals surface area contributed by atoms with E-state index in [4.69, 9.17) is 0 Å². The van der Waals surface area contributed by atoms with E-state index < -0.39 is 10.7 Å². The average Bonchev–Trinajstić information content (AvgIpc) is 3.12. The number of nitro benzene ring substituents is 1. The van der Waals surface area contributed by atoms with Gasteiger partial charge in [0.25, 0.3) is 5.91 Å². The number of amides is 1. The molecule has 8 heteroatoms. The maximum atomic E-state index is 12.0. The zero-order chi connectivity index (χ0) is 16.4. The number of nitro groups is 1. The number of benzene rings is 1. The van der Waals surface area contributed by atoms with Crippen molar-refractivity contribution in [2.24, 2.45) is 4.99 Å². The number of phenolic OH excluding ortho intramolecular Hbond substituents is 1. The molecule has 0 atom stereocenters. The van der Waals surface area contributed by atoms with Crippen LogP contribution in [-0.4, -0.2) is 27.1 Å². The minimum absolute atomic E-state index is 0.262. The molecular weight excluding hydrogens is 318 g/mol. The van der Waals surface area contributed by atoms with Crippen molar-refractivity contribution in [1.82, 2.24) is 5.32 Å². The van der Waals surface area contributed by atoms with Crippen LogP contribution in [0.3, 0.4) is 0 Å². The van der Waals surface area contributed by atoms with Gasteiger partial charge in [-0.2, -0.15) is 0 Å². The molecule has 23 heavy (non-hydrogen) atoms. The molecule has 0 aromatic heterocycles. The lowest BCUT2D eigenvalue weighted by molar-refractivity contribution is -0.385. The summed E-state index contributed by atoms with van der Waals surface area (Å²) >= 11 is 1.24. The summed E-state index contributed by atoms with van der Waals surface area (Å²) in [6.45, 7) is 0. The third-order valence-corrected chi connectivity index (χ3v) is 4.69. The fraction of sp³-hybridized carbons (Fsp3) is 0.333. The van der Waals surface area contributed by atoms with Crippen molar-refractivity contribution in [3.8, 4) is 5.75 Å². The van der Waals surface area contributed by atoms with Gasteiger partial charge in [0, 0.05) is 6.07 Å². The maximum absolute atomic E-state index is 12.0. The second-order valence-electron chi connectivity index (χ2n) is 5.44. The van der Waals surface area contributed by atoms with Crippen molar-refractivity contribution < 1.29 is 14.8 Å². The molecule has 0 unspecified atom stereocenters. The van der Waals surface area contributed by atoms with E-state index in [-0.39, 0.29) is 17.6 Å². The fourth-order valence-corrected chi connectivity index (χ4v) is 3.51. The topological polar surface area (TPSA) is 105 Å². The van der Waals surface area contributed by atoms with Crippen molar-refractivity contribution in [3.05, 3.63) is 38.8 Å². The van der Waals surface area contributed by atoms with Crippen molar-refractivity contribution in [3.63, 3.8) is 0 Å². The zero-order valence-electron chi connectivity index (χ0n) is 12.2. The van der Waals surface area contributed by atoms with Gasteiger partial charge in [-0.05, 0) is 42.3 Å². The summed E-state index contributed by atoms with van der Waals surface area (Å²) in [5, 5.41) is 23.6. The number of nitrogens with zero attached hydrogens (tertiary/aromatic N) is 2. The molecular formula is C15H15N3O4S. The number of carbonyl (C=O) groups is 1. The number of nitrogens with one attached hydrogen (secondary N) is 1. The van der Waals surface area contributed by atoms with Crippen LogP contribution in [0, 0.1) is 10.1 Å². The number of amidine groups is 1. The Kier molecular flexibility index (Phi) is 4.33. The number of carbonyl (C=O) groups excluding carboxylic acids is 1. The molecule has 7 nitrogen and oxygen atoms in total. The molecule has 2 aliphatic rings. The third-order valence-electron chi connectivity index (χ3n) is 3.77. The smallest absolute Gasteiger partial charge is 0.311 e. The van der Waals surface area contributed by atoms with Crippen LogP contribution in [-0.2, 0) is 4.79 Å². The summed E-state index contributed by atoms with van der Waals surface area (Å²) in [5.74, 6) is -0.661. The van der Waals surface area contributed by atoms with Crippen LogP contribution in [0.2, 0.25) is 0 Å². The van der Waals surface area contributed by atoms with E-state index in [9.17, 15) is 20.0 Å². The Balaban J connectivity index is 1.81. The Bertz CT molecular complexity index is 723. The molecule has 2 fully saturated rings. The average molecular weight is 333 g/mol. The summed E-state index contributed by atoms with van der Waals surface area (Å²) in [6.07, 6.45) is 5.98. The molecule has 1 saturated carbocycles. The Hall–Kier alpha value is -2.35. The largest absolute Gasteiger partial charge is 0.502 e. The second-order valence-corrected chi connectivity index (χ2v) is 6.47. The Labute approximate surface area is 136 Å². The molecule has 1 aromatic carbocycles. The lowest BCUT2D eigenvalue weighted by Gasteiger charge is -2.02. The first-order valence-electron chi connectivity index (χ1n) is 7.29. The molecule has 1 aliphatic carbocycles. The van der Waals surface area contributed by atoms with Gasteiger partial charge in [-0.25, -0.2) is 0 Å². The highest BCUT2D eigenvalue weighted by Crippen LogP contribution is 2.31. The highest BCUT2D eigenvalue weighted by molar-refractivity contribution is 8.18. The second kappa shape index (κ2) is 6.41. The van der Waals surface area contributed by atoms with Gasteiger partial charge in [0.1, 0.15) is 0 Å². The normalized spacial score (nSPS) is 22.0. The van der Waals surface area contributed by atoms with Gasteiger partial charge < -0.3 is 10.4 Å². The van der Waals surface area contributed by atoms with E-state index in [1.165, 1.54) is 42.8 Å². The lowest BCUT2D eigenvalue weighted by Crippen LogP contribution is -2.21. The van der Waals surface area contributed by atoms with Crippen LogP contribution >= 0.6 is 11.8 Å². The van der Waals surface area contributed by atoms with Crippen molar-refractivity contribution >= 4 is 34.6 Å². The maximum Gasteiger partial charge on any atom is 0.311 e. The highest BCUT2D eigenvalue weighted by Gasteiger charge is 2.26. The number of rotatable bonds is 3. The number of hydrogen-bond acceptors (Lipinski definition) is 6. The SMILES string of the molecule is O=C1NC(=NC2CCCC2)S/C1=C/c1ccc(O)c([N+](=O)[O-])c1. The molecule has 1 heterocycles. The molecule has 0 spiro atoms. The summed E-state index contributed by atoms with van der Waals surface area (Å²) in [6, 6.07) is 4.28. The molecule has 1 amide bonds. The predicted octanol–water partition coefficient (Wildman–Crippen LogP) is 2.80. The first-order valence-corrected chi connectivity index (χ1v) is 8.10. The lowest BCUT2D eigenvalue weighted by atomic mass is 10.1. The van der Waals surface area contributed by atoms with E-state index in [1.54, 1.807) is 6.08 Å². The quantitative estimate of drug-likeness (QED) is 0.503. The van der Waals surface area contributed by atoms with Crippen LogP contribution in [0.1, 0.15) is 31.2 Å². The van der Waals surface area contributed by atoms with E-state index in [0.29, 0.717) is 15.6 Å². The van der Waals surface area contributed by atoms with Gasteiger partial charge in [-0.15, -0.1) is 0 Å². The summed E-state index contributed by atoms with van der Waals surface area (Å²) in [5.41, 5.74) is 0.0943. The molecule has 0 radical (unpaired) electrons. The number of thioether (sulfide) groups is 1. The minimum Gasteiger partial charge on any atom is -0.502 e. The molecule has 120 valence electrons. The summed E-state index contributed by atoms with van der Waals surface area (Å²) < 4.78 is 0. The Morgan fingerprint density at radius 2 is 2.13 bits per heavy atom. The van der Waals surface area contributed by atoms with E-state index in [0.717, 1.165) is 12.8 Å². The summed E-state index contributed by atoms with van der Waals surface area (Å²) in [4.78, 5) is 27.1. The van der Waals surface area contributed by atoms with Gasteiger partial charge in [0.2, 0.25) is 0 Å². The van der Waals surface area contributed by atoms with Crippen molar-refractivity contribution in [2.75, 3.05) is 0 Å². The zero-order valence-corrected chi connectivity index (χ0v) is 13.0. The van der Waals surface area contributed by atoms with Crippen LogP contribution in [0.5, 0.6) is 5.75 Å². The molecule has 2 N–H and O–H groups in total. The number of hydrogen-bond donors (Lipinski definition) is 2. The van der Waals surface area contributed by atoms with Gasteiger partial charge in [0.15, 0.2) is 10.9 Å². The minimum atomic E-state index is -0.661. The molecule has 0 bridgehead atoms. The Morgan fingerprint density at radius 1 is 1.39 bits per heavy atom. The predicted molar refractivity (Wildman–Crippen MR) is 88.2 cm³/mol. The fourth-order valence-electron chi connectivity index (χ4n) is 2.62. The van der Waals surface area contributed by atoms with Crippen molar-refractivity contribution in [2.45, 2.75) is 31.7 Å². The van der Waals surface area contributed by atoms with Gasteiger partial charge in [0.05, 0.1) is 15.9 Å². The van der Waals surface area contributed by atoms with E-state index in [2.05, 4.69) is 10.3 Å². The Morgan fingerprint density at radius 3 is 2.83 bits per heavy atom. The van der Waals surface area contributed by atoms with Gasteiger partial charge in [-0.1, -0.05) is 18.9 Å². The summed E-state index contributed by atoms with van der Waals surface area (Å²) in [7, 11) is 0. The van der Waals surface area contributed by atoms with Crippen LogP contribution in [0.4, 0.5) is 5.69 Å². The van der Waals surface area contributed by atoms with Crippen LogP contribution < -0.4 is 5.32 Å². The molecule has 1 aromatic rings. The molecule has 1 saturated heterocycles. The van der Waals surface area contributed by atoms with E-state index >= 15 is 0 Å². The van der Waals surface area contributed by atoms with Crippen LogP contribution in [0.15, 0.2) is 28.1 Å². The standard InChI is InChI=1S/C15H15N3O4S/c19-12-6-5-9(7-11(12)18(21)22)8-13-14(20)17-15(23-13)16-10-3-1-2-4-10/h5-8,10,19H,1-4H2,(H,16,17,20)/b13-8+. The van der Waals surface area contributed by atoms with Gasteiger partial charge in [-0.3, -0.25) is 19.9 Å². The van der Waals surface area contributed by atoms with Crippen LogP contribution in [0.25, 0.3) is 6.08 Å². The van der Waals surface area contributed by atoms with Crippen molar-refractivity contribution in [1.29, 1.82) is 0 Å². The molecule has 1 aliphatic heterocycles. The van der Waals surface area contributed by atoms with E-state index in [1.807, 2.05) is 0 Å². The number of aliphatic imine (C=N–C) groups is 1. The molecule has 3 rings (SSSR count). The van der Waals surface area contributed by atoms with Gasteiger partial charge >= 0.3 is 5.69 Å². The highest BCUT2D eigenvalue weighted by atomic mass is 32.2. The number of phenols is 1. The first kappa shape index (κ1) is 15.5.